The molecule has 1 unspecified atom stereocenters. The van der Waals surface area contributed by atoms with Crippen molar-refractivity contribution in [2.75, 3.05) is 13.6 Å². The highest BCUT2D eigenvalue weighted by molar-refractivity contribution is 9.10. The normalized spacial score (nSPS) is 13.2. The van der Waals surface area contributed by atoms with Gasteiger partial charge in [0.2, 0.25) is 0 Å². The molecule has 0 saturated carbocycles. The van der Waals surface area contributed by atoms with Gasteiger partial charge in [0.1, 0.15) is 0 Å². The van der Waals surface area contributed by atoms with Crippen LogP contribution in [0.5, 0.6) is 0 Å². The summed E-state index contributed by atoms with van der Waals surface area (Å²) in [5.41, 5.74) is 1.35. The Bertz CT molecular complexity index is 364. The minimum Gasteiger partial charge on any atom is -0.312 e. The van der Waals surface area contributed by atoms with E-state index in [-0.39, 0.29) is 0 Å². The highest BCUT2D eigenvalue weighted by Crippen LogP contribution is 2.18. The van der Waals surface area contributed by atoms with Gasteiger partial charge in [-0.15, -0.1) is 0 Å². The van der Waals surface area contributed by atoms with Gasteiger partial charge in [-0.05, 0) is 38.4 Å². The fraction of sp³-hybridized carbons (Fsp3) is 0.625. The third-order valence-corrected chi connectivity index (χ3v) is 4.59. The Balaban J connectivity index is 2.44. The van der Waals surface area contributed by atoms with E-state index >= 15 is 0 Å². The SMILES string of the molecule is CCC(CC)NCC(C)N(C)Cc1ccccc1Br. The Morgan fingerprint density at radius 1 is 1.21 bits per heavy atom. The molecule has 1 rings (SSSR count). The van der Waals surface area contributed by atoms with Crippen molar-refractivity contribution in [1.29, 1.82) is 0 Å². The van der Waals surface area contributed by atoms with E-state index in [9.17, 15) is 0 Å². The fourth-order valence-electron chi connectivity index (χ4n) is 2.12. The van der Waals surface area contributed by atoms with E-state index < -0.39 is 0 Å². The molecule has 0 radical (unpaired) electrons. The van der Waals surface area contributed by atoms with E-state index in [2.05, 4.69) is 78.2 Å². The summed E-state index contributed by atoms with van der Waals surface area (Å²) in [6.07, 6.45) is 2.41. The van der Waals surface area contributed by atoms with Gasteiger partial charge in [0, 0.05) is 29.6 Å². The third-order valence-electron chi connectivity index (χ3n) is 3.82. The van der Waals surface area contributed by atoms with Gasteiger partial charge >= 0.3 is 0 Å². The van der Waals surface area contributed by atoms with E-state index in [1.807, 2.05) is 0 Å². The maximum Gasteiger partial charge on any atom is 0.0245 e. The lowest BCUT2D eigenvalue weighted by Gasteiger charge is -2.27. The van der Waals surface area contributed by atoms with Gasteiger partial charge in [0.05, 0.1) is 0 Å². The summed E-state index contributed by atoms with van der Waals surface area (Å²) in [5, 5.41) is 3.65. The molecule has 2 nitrogen and oxygen atoms in total. The van der Waals surface area contributed by atoms with Crippen LogP contribution in [-0.4, -0.2) is 30.6 Å². The Labute approximate surface area is 126 Å². The van der Waals surface area contributed by atoms with Crippen LogP contribution in [0.1, 0.15) is 39.2 Å². The van der Waals surface area contributed by atoms with Crippen molar-refractivity contribution in [3.63, 3.8) is 0 Å². The molecule has 1 aromatic rings. The molecular weight excluding hydrogens is 300 g/mol. The second-order valence-corrected chi connectivity index (χ2v) is 6.13. The van der Waals surface area contributed by atoms with Crippen LogP contribution in [0.25, 0.3) is 0 Å². The van der Waals surface area contributed by atoms with Crippen LogP contribution in [0.4, 0.5) is 0 Å². The number of halogens is 1. The summed E-state index contributed by atoms with van der Waals surface area (Å²) >= 11 is 3.62. The molecule has 0 fully saturated rings. The van der Waals surface area contributed by atoms with Crippen molar-refractivity contribution in [1.82, 2.24) is 10.2 Å². The molecule has 0 aliphatic rings. The molecule has 0 spiro atoms. The van der Waals surface area contributed by atoms with Crippen LogP contribution in [0, 0.1) is 0 Å². The lowest BCUT2D eigenvalue weighted by Crippen LogP contribution is -2.41. The molecule has 3 heteroatoms. The summed E-state index contributed by atoms with van der Waals surface area (Å²) < 4.78 is 1.20. The first kappa shape index (κ1) is 16.7. The zero-order chi connectivity index (χ0) is 14.3. The fourth-order valence-corrected chi connectivity index (χ4v) is 2.53. The third kappa shape index (κ3) is 5.64. The molecule has 0 aliphatic carbocycles. The second-order valence-electron chi connectivity index (χ2n) is 5.28. The molecule has 0 saturated heterocycles. The van der Waals surface area contributed by atoms with E-state index in [1.54, 1.807) is 0 Å². The molecule has 0 heterocycles. The number of nitrogens with one attached hydrogen (secondary N) is 1. The van der Waals surface area contributed by atoms with Crippen LogP contribution >= 0.6 is 15.9 Å². The first-order valence-corrected chi connectivity index (χ1v) is 8.04. The van der Waals surface area contributed by atoms with Crippen LogP contribution in [0.3, 0.4) is 0 Å². The minimum atomic E-state index is 0.535. The summed E-state index contributed by atoms with van der Waals surface area (Å²) in [6, 6.07) is 9.64. The van der Waals surface area contributed by atoms with Gasteiger partial charge in [-0.2, -0.15) is 0 Å². The zero-order valence-corrected chi connectivity index (χ0v) is 14.2. The smallest absolute Gasteiger partial charge is 0.0245 e. The largest absolute Gasteiger partial charge is 0.312 e. The van der Waals surface area contributed by atoms with E-state index in [1.165, 1.54) is 22.9 Å². The van der Waals surface area contributed by atoms with Gasteiger partial charge < -0.3 is 5.32 Å². The Hall–Kier alpha value is -0.380. The highest BCUT2D eigenvalue weighted by Gasteiger charge is 2.12. The van der Waals surface area contributed by atoms with Crippen LogP contribution in [0.2, 0.25) is 0 Å². The lowest BCUT2D eigenvalue weighted by atomic mass is 10.1. The number of nitrogens with zero attached hydrogens (tertiary/aromatic N) is 1. The minimum absolute atomic E-state index is 0.535. The van der Waals surface area contributed by atoms with Crippen molar-refractivity contribution in [3.8, 4) is 0 Å². The van der Waals surface area contributed by atoms with Gasteiger partial charge in [0.25, 0.3) is 0 Å². The first-order chi connectivity index (χ1) is 9.08. The maximum atomic E-state index is 3.65. The van der Waals surface area contributed by atoms with Crippen LogP contribution in [-0.2, 0) is 6.54 Å². The summed E-state index contributed by atoms with van der Waals surface area (Å²) in [6.45, 7) is 8.81. The van der Waals surface area contributed by atoms with Crippen molar-refractivity contribution < 1.29 is 0 Å². The average molecular weight is 327 g/mol. The Morgan fingerprint density at radius 3 is 2.42 bits per heavy atom. The summed E-state index contributed by atoms with van der Waals surface area (Å²) in [5.74, 6) is 0. The van der Waals surface area contributed by atoms with Crippen molar-refractivity contribution in [2.24, 2.45) is 0 Å². The summed E-state index contributed by atoms with van der Waals surface area (Å²) in [7, 11) is 2.19. The molecule has 108 valence electrons. The van der Waals surface area contributed by atoms with Crippen molar-refractivity contribution in [3.05, 3.63) is 34.3 Å². The molecule has 0 aliphatic heterocycles. The maximum absolute atomic E-state index is 3.65. The molecule has 0 bridgehead atoms. The zero-order valence-electron chi connectivity index (χ0n) is 12.6. The summed E-state index contributed by atoms with van der Waals surface area (Å²) in [4.78, 5) is 2.40. The molecule has 1 N–H and O–H groups in total. The number of likely N-dealkylation sites (N-methyl/N-ethyl adjacent to an activating group) is 1. The van der Waals surface area contributed by atoms with Crippen LogP contribution in [0.15, 0.2) is 28.7 Å². The molecule has 0 aromatic heterocycles. The lowest BCUT2D eigenvalue weighted by molar-refractivity contribution is 0.235. The number of rotatable bonds is 8. The number of benzene rings is 1. The molecule has 19 heavy (non-hydrogen) atoms. The van der Waals surface area contributed by atoms with E-state index in [0.29, 0.717) is 12.1 Å². The number of hydrogen-bond acceptors (Lipinski definition) is 2. The van der Waals surface area contributed by atoms with E-state index in [0.717, 1.165) is 13.1 Å². The predicted molar refractivity (Wildman–Crippen MR) is 87.4 cm³/mol. The van der Waals surface area contributed by atoms with Gasteiger partial charge in [-0.1, -0.05) is 48.0 Å². The first-order valence-electron chi connectivity index (χ1n) is 7.25. The second kappa shape index (κ2) is 8.72. The molecule has 1 aromatic carbocycles. The number of hydrogen-bond donors (Lipinski definition) is 1. The topological polar surface area (TPSA) is 15.3 Å². The standard InChI is InChI=1S/C16H27BrN2/c1-5-15(6-2)18-11-13(3)19(4)12-14-9-7-8-10-16(14)17/h7-10,13,15,18H,5-6,11-12H2,1-4H3. The average Bonchev–Trinajstić information content (AvgIpc) is 2.42. The Kier molecular flexibility index (Phi) is 7.66. The predicted octanol–water partition coefficient (Wildman–Crippen LogP) is 4.05. The molecule has 0 amide bonds. The quantitative estimate of drug-likeness (QED) is 0.775. The molecular formula is C16H27BrN2. The van der Waals surface area contributed by atoms with Crippen LogP contribution < -0.4 is 5.32 Å². The Morgan fingerprint density at radius 2 is 1.84 bits per heavy atom. The van der Waals surface area contributed by atoms with Crippen molar-refractivity contribution in [2.45, 2.75) is 52.2 Å². The van der Waals surface area contributed by atoms with Gasteiger partial charge in [0.15, 0.2) is 0 Å². The van der Waals surface area contributed by atoms with Gasteiger partial charge in [-0.25, -0.2) is 0 Å². The molecule has 1 atom stereocenters. The van der Waals surface area contributed by atoms with E-state index in [4.69, 9.17) is 0 Å². The highest BCUT2D eigenvalue weighted by atomic mass is 79.9. The monoisotopic (exact) mass is 326 g/mol. The van der Waals surface area contributed by atoms with Crippen molar-refractivity contribution >= 4 is 15.9 Å². The van der Waals surface area contributed by atoms with Gasteiger partial charge in [-0.3, -0.25) is 4.90 Å².